The molecule has 0 spiro atoms. The molecule has 0 aliphatic carbocycles. The molecule has 0 bridgehead atoms. The third-order valence-electron chi connectivity index (χ3n) is 5.70. The minimum absolute atomic E-state index is 0.118. The Kier molecular flexibility index (Phi) is 12.8. The van der Waals surface area contributed by atoms with Gasteiger partial charge in [0.2, 0.25) is 23.6 Å². The van der Waals surface area contributed by atoms with Gasteiger partial charge in [-0.1, -0.05) is 0 Å². The zero-order valence-electron chi connectivity index (χ0n) is 20.4. The number of hydrogen-bond donors (Lipinski definition) is 8. The van der Waals surface area contributed by atoms with Crippen LogP contribution in [0.15, 0.2) is 4.99 Å². The SMILES string of the molecule is NC(=O)CCC(NC(=O)C(CCC(=O)O)NC(=O)C(N)CCCN=C(N)N)C(=O)N1CCCC1C(=O)O. The summed E-state index contributed by atoms with van der Waals surface area (Å²) in [6.07, 6.45) is -0.0872. The van der Waals surface area contributed by atoms with E-state index >= 15 is 0 Å². The lowest BCUT2D eigenvalue weighted by Crippen LogP contribution is -2.57. The number of carbonyl (C=O) groups excluding carboxylic acids is 4. The van der Waals surface area contributed by atoms with Gasteiger partial charge in [0.05, 0.1) is 6.04 Å². The van der Waals surface area contributed by atoms with Crippen LogP contribution in [0.1, 0.15) is 51.4 Å². The maximum Gasteiger partial charge on any atom is 0.326 e. The second-order valence-corrected chi connectivity index (χ2v) is 8.64. The predicted molar refractivity (Wildman–Crippen MR) is 129 cm³/mol. The Morgan fingerprint density at radius 1 is 0.919 bits per heavy atom. The maximum atomic E-state index is 13.1. The number of guanidine groups is 1. The molecule has 4 unspecified atom stereocenters. The average molecular weight is 529 g/mol. The Balaban J connectivity index is 2.97. The number of primary amides is 1. The fraction of sp³-hybridized carbons (Fsp3) is 0.667. The van der Waals surface area contributed by atoms with Gasteiger partial charge in [-0.2, -0.15) is 0 Å². The minimum Gasteiger partial charge on any atom is -0.481 e. The van der Waals surface area contributed by atoms with E-state index in [9.17, 15) is 33.9 Å². The molecule has 16 heteroatoms. The smallest absolute Gasteiger partial charge is 0.326 e. The van der Waals surface area contributed by atoms with Crippen molar-refractivity contribution in [2.75, 3.05) is 13.1 Å². The van der Waals surface area contributed by atoms with E-state index in [0.717, 1.165) is 4.90 Å². The first-order valence-corrected chi connectivity index (χ1v) is 11.8. The van der Waals surface area contributed by atoms with Gasteiger partial charge in [0.25, 0.3) is 0 Å². The Morgan fingerprint density at radius 2 is 1.54 bits per heavy atom. The third-order valence-corrected chi connectivity index (χ3v) is 5.70. The first-order chi connectivity index (χ1) is 17.3. The molecule has 16 nitrogen and oxygen atoms in total. The van der Waals surface area contributed by atoms with Gasteiger partial charge in [0.15, 0.2) is 5.96 Å². The molecule has 12 N–H and O–H groups in total. The van der Waals surface area contributed by atoms with Gasteiger partial charge in [-0.15, -0.1) is 0 Å². The van der Waals surface area contributed by atoms with Gasteiger partial charge in [-0.25, -0.2) is 4.79 Å². The highest BCUT2D eigenvalue weighted by molar-refractivity contribution is 5.94. The van der Waals surface area contributed by atoms with E-state index in [4.69, 9.17) is 28.0 Å². The van der Waals surface area contributed by atoms with Crippen LogP contribution in [-0.4, -0.2) is 93.9 Å². The summed E-state index contributed by atoms with van der Waals surface area (Å²) < 4.78 is 0. The number of rotatable bonds is 16. The number of hydrogen-bond acceptors (Lipinski definition) is 8. The molecule has 0 saturated carbocycles. The topological polar surface area (TPSA) is 287 Å². The van der Waals surface area contributed by atoms with Crippen molar-refractivity contribution < 1.29 is 39.0 Å². The molecule has 0 aromatic carbocycles. The highest BCUT2D eigenvalue weighted by Crippen LogP contribution is 2.19. The molecule has 0 aromatic rings. The molecule has 1 heterocycles. The molecule has 1 aliphatic heterocycles. The fourth-order valence-electron chi connectivity index (χ4n) is 3.77. The highest BCUT2D eigenvalue weighted by atomic mass is 16.4. The molecule has 37 heavy (non-hydrogen) atoms. The van der Waals surface area contributed by atoms with Crippen LogP contribution < -0.4 is 33.6 Å². The van der Waals surface area contributed by atoms with Crippen LogP contribution in [0.4, 0.5) is 0 Å². The highest BCUT2D eigenvalue weighted by Gasteiger charge is 2.38. The molecule has 1 fully saturated rings. The molecule has 1 aliphatic rings. The average Bonchev–Trinajstić information content (AvgIpc) is 3.31. The van der Waals surface area contributed by atoms with E-state index in [1.165, 1.54) is 0 Å². The van der Waals surface area contributed by atoms with E-state index in [1.54, 1.807) is 0 Å². The normalized spacial score (nSPS) is 17.2. The summed E-state index contributed by atoms with van der Waals surface area (Å²) in [4.78, 5) is 77.4. The van der Waals surface area contributed by atoms with Gasteiger partial charge in [-0.05, 0) is 38.5 Å². The van der Waals surface area contributed by atoms with E-state index in [1.807, 2.05) is 0 Å². The van der Waals surface area contributed by atoms with Crippen LogP contribution in [0.5, 0.6) is 0 Å². The van der Waals surface area contributed by atoms with Crippen LogP contribution in [0, 0.1) is 0 Å². The number of nitrogens with zero attached hydrogens (tertiary/aromatic N) is 2. The van der Waals surface area contributed by atoms with Gasteiger partial charge < -0.3 is 48.7 Å². The summed E-state index contributed by atoms with van der Waals surface area (Å²) in [6.45, 7) is 0.371. The van der Waals surface area contributed by atoms with Crippen molar-refractivity contribution in [3.63, 3.8) is 0 Å². The van der Waals surface area contributed by atoms with Crippen molar-refractivity contribution in [3.05, 3.63) is 0 Å². The lowest BCUT2D eigenvalue weighted by molar-refractivity contribution is -0.149. The third kappa shape index (κ3) is 11.1. The summed E-state index contributed by atoms with van der Waals surface area (Å²) in [5.41, 5.74) is 21.5. The van der Waals surface area contributed by atoms with Crippen molar-refractivity contribution in [2.24, 2.45) is 27.9 Å². The summed E-state index contributed by atoms with van der Waals surface area (Å²) >= 11 is 0. The Morgan fingerprint density at radius 3 is 2.11 bits per heavy atom. The number of aliphatic carboxylic acids is 2. The number of nitrogens with two attached hydrogens (primary N) is 4. The first kappa shape index (κ1) is 31.1. The Hall–Kier alpha value is -3.95. The monoisotopic (exact) mass is 528 g/mol. The van der Waals surface area contributed by atoms with Gasteiger partial charge >= 0.3 is 11.9 Å². The maximum absolute atomic E-state index is 13.1. The molecule has 1 rings (SSSR count). The number of carboxylic acids is 2. The number of amides is 4. The lowest BCUT2D eigenvalue weighted by atomic mass is 10.1. The standard InChI is InChI=1S/C21H36N8O8/c22-11(3-1-9-26-21(24)25)17(33)27-12(6-8-16(31)32)18(34)28-13(5-7-15(23)30)19(35)29-10-2-4-14(29)20(36)37/h11-14H,1-10,22H2,(H2,23,30)(H,27,33)(H,28,34)(H,31,32)(H,36,37)(H4,24,25,26). The van der Waals surface area contributed by atoms with Crippen molar-refractivity contribution in [1.82, 2.24) is 15.5 Å². The Bertz CT molecular complexity index is 892. The van der Waals surface area contributed by atoms with Crippen LogP contribution >= 0.6 is 0 Å². The Labute approximate surface area is 213 Å². The van der Waals surface area contributed by atoms with Crippen molar-refractivity contribution in [2.45, 2.75) is 75.5 Å². The van der Waals surface area contributed by atoms with Gasteiger partial charge in [0.1, 0.15) is 18.1 Å². The van der Waals surface area contributed by atoms with Crippen molar-refractivity contribution >= 4 is 41.5 Å². The van der Waals surface area contributed by atoms with Crippen LogP contribution in [0.3, 0.4) is 0 Å². The van der Waals surface area contributed by atoms with Crippen LogP contribution in [0.25, 0.3) is 0 Å². The van der Waals surface area contributed by atoms with E-state index in [-0.39, 0.29) is 51.2 Å². The summed E-state index contributed by atoms with van der Waals surface area (Å²) in [5.74, 6) is -5.64. The van der Waals surface area contributed by atoms with Gasteiger partial charge in [-0.3, -0.25) is 29.0 Å². The summed E-state index contributed by atoms with van der Waals surface area (Å²) in [5, 5.41) is 23.2. The quantitative estimate of drug-likeness (QED) is 0.0553. The molecule has 208 valence electrons. The predicted octanol–water partition coefficient (Wildman–Crippen LogP) is -3.46. The zero-order chi connectivity index (χ0) is 28.1. The number of aliphatic imine (C=N–C) groups is 1. The lowest BCUT2D eigenvalue weighted by Gasteiger charge is -2.28. The summed E-state index contributed by atoms with van der Waals surface area (Å²) in [7, 11) is 0. The second-order valence-electron chi connectivity index (χ2n) is 8.64. The molecule has 0 aromatic heterocycles. The minimum atomic E-state index is -1.37. The van der Waals surface area contributed by atoms with Crippen molar-refractivity contribution in [3.8, 4) is 0 Å². The van der Waals surface area contributed by atoms with Gasteiger partial charge in [0, 0.05) is 25.9 Å². The zero-order valence-corrected chi connectivity index (χ0v) is 20.4. The van der Waals surface area contributed by atoms with E-state index in [2.05, 4.69) is 15.6 Å². The number of carbonyl (C=O) groups is 6. The molecular formula is C21H36N8O8. The molecule has 0 radical (unpaired) electrons. The first-order valence-electron chi connectivity index (χ1n) is 11.8. The summed E-state index contributed by atoms with van der Waals surface area (Å²) in [6, 6.07) is -4.83. The number of carboxylic acid groups (broad SMARTS) is 2. The molecule has 4 amide bonds. The second kappa shape index (κ2) is 15.2. The van der Waals surface area contributed by atoms with E-state index in [0.29, 0.717) is 12.8 Å². The molecule has 1 saturated heterocycles. The molecular weight excluding hydrogens is 492 g/mol. The number of nitrogens with one attached hydrogen (secondary N) is 2. The largest absolute Gasteiger partial charge is 0.481 e. The number of likely N-dealkylation sites (tertiary alicyclic amines) is 1. The van der Waals surface area contributed by atoms with Crippen LogP contribution in [0.2, 0.25) is 0 Å². The molecule has 4 atom stereocenters. The van der Waals surface area contributed by atoms with E-state index < -0.39 is 66.2 Å². The van der Waals surface area contributed by atoms with Crippen molar-refractivity contribution in [1.29, 1.82) is 0 Å². The fourth-order valence-corrected chi connectivity index (χ4v) is 3.77. The van der Waals surface area contributed by atoms with Crippen LogP contribution in [-0.2, 0) is 28.8 Å².